The van der Waals surface area contributed by atoms with Gasteiger partial charge in [-0.2, -0.15) is 0 Å². The van der Waals surface area contributed by atoms with Crippen molar-refractivity contribution in [3.8, 4) is 0 Å². The van der Waals surface area contributed by atoms with Crippen molar-refractivity contribution in [2.75, 3.05) is 10.6 Å². The van der Waals surface area contributed by atoms with Gasteiger partial charge in [-0.25, -0.2) is 19.9 Å². The Balaban J connectivity index is 1.42. The number of nitrogens with one attached hydrogen (secondary N) is 4. The van der Waals surface area contributed by atoms with Gasteiger partial charge in [0.05, 0.1) is 11.1 Å². The molecule has 0 radical (unpaired) electrons. The van der Waals surface area contributed by atoms with Gasteiger partial charge >= 0.3 is 0 Å². The first-order valence-corrected chi connectivity index (χ1v) is 9.00. The predicted octanol–water partition coefficient (Wildman–Crippen LogP) is 2.73. The highest BCUT2D eigenvalue weighted by atomic mass is 16.2. The second kappa shape index (κ2) is 7.09. The van der Waals surface area contributed by atoms with Crippen LogP contribution < -0.4 is 10.6 Å². The average molecular weight is 398 g/mol. The lowest BCUT2D eigenvalue weighted by atomic mass is 10.2. The van der Waals surface area contributed by atoms with Crippen LogP contribution in [0.4, 0.5) is 11.9 Å². The third-order valence-corrected chi connectivity index (χ3v) is 4.42. The molecular weight excluding hydrogens is 384 g/mol. The number of carbonyl (C=O) groups is 2. The van der Waals surface area contributed by atoms with Crippen LogP contribution in [0, 0.1) is 0 Å². The molecule has 0 aliphatic heterocycles. The summed E-state index contributed by atoms with van der Waals surface area (Å²) < 4.78 is 0. The zero-order valence-electron chi connectivity index (χ0n) is 15.4. The summed E-state index contributed by atoms with van der Waals surface area (Å²) in [4.78, 5) is 47.8. The van der Waals surface area contributed by atoms with Gasteiger partial charge in [0.25, 0.3) is 11.8 Å². The Labute approximate surface area is 168 Å². The Bertz CT molecular complexity index is 1390. The Morgan fingerprint density at radius 1 is 0.833 bits per heavy atom. The van der Waals surface area contributed by atoms with E-state index in [0.717, 1.165) is 5.39 Å². The van der Waals surface area contributed by atoms with Crippen molar-refractivity contribution in [3.63, 3.8) is 0 Å². The quantitative estimate of drug-likeness (QED) is 0.367. The number of rotatable bonds is 4. The van der Waals surface area contributed by atoms with Crippen LogP contribution in [-0.4, -0.2) is 41.7 Å². The highest BCUT2D eigenvalue weighted by Crippen LogP contribution is 2.20. The highest BCUT2D eigenvalue weighted by molar-refractivity contribution is 6.11. The third-order valence-electron chi connectivity index (χ3n) is 4.42. The molecule has 0 aliphatic rings. The zero-order chi connectivity index (χ0) is 20.5. The number of nitrogens with zero attached hydrogens (tertiary/aromatic N) is 4. The molecule has 1 aromatic carbocycles. The predicted molar refractivity (Wildman–Crippen MR) is 110 cm³/mol. The summed E-state index contributed by atoms with van der Waals surface area (Å²) in [7, 11) is 0. The highest BCUT2D eigenvalue weighted by Gasteiger charge is 2.16. The fourth-order valence-corrected chi connectivity index (χ4v) is 3.03. The molecule has 0 aliphatic carbocycles. The van der Waals surface area contributed by atoms with Gasteiger partial charge in [-0.05, 0) is 36.4 Å². The number of aromatic nitrogens is 6. The molecule has 0 atom stereocenters. The second-order valence-corrected chi connectivity index (χ2v) is 6.38. The van der Waals surface area contributed by atoms with Crippen molar-refractivity contribution in [2.24, 2.45) is 0 Å². The lowest BCUT2D eigenvalue weighted by Crippen LogP contribution is -2.15. The van der Waals surface area contributed by atoms with Gasteiger partial charge in [0, 0.05) is 24.0 Å². The molecule has 10 heteroatoms. The molecule has 0 saturated heterocycles. The van der Waals surface area contributed by atoms with E-state index in [4.69, 9.17) is 0 Å². The van der Waals surface area contributed by atoms with Crippen LogP contribution in [0.1, 0.15) is 20.8 Å². The van der Waals surface area contributed by atoms with E-state index < -0.39 is 5.91 Å². The summed E-state index contributed by atoms with van der Waals surface area (Å²) in [5.74, 6) is -0.279. The molecule has 2 amide bonds. The number of anilines is 2. The first-order chi connectivity index (χ1) is 14.7. The second-order valence-electron chi connectivity index (χ2n) is 6.38. The van der Waals surface area contributed by atoms with Gasteiger partial charge in [0.15, 0.2) is 5.65 Å². The molecule has 0 fully saturated rings. The molecule has 0 unspecified atom stereocenters. The van der Waals surface area contributed by atoms with Crippen LogP contribution in [0.2, 0.25) is 0 Å². The fraction of sp³-hybridized carbons (Fsp3) is 0. The number of pyridine rings is 2. The summed E-state index contributed by atoms with van der Waals surface area (Å²) in [5, 5.41) is 6.18. The monoisotopic (exact) mass is 398 g/mol. The number of carbonyl (C=O) groups excluding carboxylic acids is 2. The molecule has 10 nitrogen and oxygen atoms in total. The number of aromatic amines is 2. The van der Waals surface area contributed by atoms with Gasteiger partial charge in [-0.1, -0.05) is 6.07 Å². The summed E-state index contributed by atoms with van der Waals surface area (Å²) in [6, 6.07) is 12.2. The number of benzene rings is 1. The van der Waals surface area contributed by atoms with Crippen LogP contribution in [0.5, 0.6) is 0 Å². The molecule has 5 aromatic rings. The van der Waals surface area contributed by atoms with Crippen molar-refractivity contribution in [2.45, 2.75) is 0 Å². The first-order valence-electron chi connectivity index (χ1n) is 9.00. The normalized spacial score (nSPS) is 10.9. The summed E-state index contributed by atoms with van der Waals surface area (Å²) in [6.07, 6.45) is 4.76. The molecule has 146 valence electrons. The smallest absolute Gasteiger partial charge is 0.276 e. The standard InChI is InChI=1S/C20H14N8O2/c29-17(27-19-22-9-10-23-19)12-4-1-5-13-15(12)26-20(25-13)28-18(30)14-7-6-11-3-2-8-21-16(11)24-14/h1-10H,(H2,22,23,27,29)(H2,25,26,28,30). The number of hydrogen-bond donors (Lipinski definition) is 4. The van der Waals surface area contributed by atoms with Crippen LogP contribution in [-0.2, 0) is 0 Å². The Kier molecular flexibility index (Phi) is 4.14. The summed E-state index contributed by atoms with van der Waals surface area (Å²) in [6.45, 7) is 0. The maximum Gasteiger partial charge on any atom is 0.276 e. The Morgan fingerprint density at radius 2 is 1.73 bits per heavy atom. The number of imidazole rings is 2. The topological polar surface area (TPSA) is 141 Å². The molecule has 30 heavy (non-hydrogen) atoms. The van der Waals surface area contributed by atoms with Crippen LogP contribution in [0.3, 0.4) is 0 Å². The lowest BCUT2D eigenvalue weighted by molar-refractivity contribution is 0.101. The minimum atomic E-state index is -0.441. The van der Waals surface area contributed by atoms with E-state index >= 15 is 0 Å². The van der Waals surface area contributed by atoms with Crippen LogP contribution in [0.25, 0.3) is 22.1 Å². The molecule has 4 N–H and O–H groups in total. The molecule has 0 spiro atoms. The minimum absolute atomic E-state index is 0.205. The van der Waals surface area contributed by atoms with E-state index in [1.807, 2.05) is 6.07 Å². The van der Waals surface area contributed by atoms with E-state index in [9.17, 15) is 9.59 Å². The number of fused-ring (bicyclic) bond motifs is 2. The minimum Gasteiger partial charge on any atom is -0.331 e. The third kappa shape index (κ3) is 3.22. The number of para-hydroxylation sites is 1. The largest absolute Gasteiger partial charge is 0.331 e. The zero-order valence-corrected chi connectivity index (χ0v) is 15.4. The molecular formula is C20H14N8O2. The van der Waals surface area contributed by atoms with Gasteiger partial charge in [-0.3, -0.25) is 20.2 Å². The maximum absolute atomic E-state index is 12.6. The van der Waals surface area contributed by atoms with Crippen molar-refractivity contribution < 1.29 is 9.59 Å². The van der Waals surface area contributed by atoms with Crippen LogP contribution in [0.15, 0.2) is 61.1 Å². The maximum atomic E-state index is 12.6. The van der Waals surface area contributed by atoms with Crippen molar-refractivity contribution in [1.29, 1.82) is 0 Å². The van der Waals surface area contributed by atoms with Gasteiger partial charge < -0.3 is 9.97 Å². The van der Waals surface area contributed by atoms with E-state index in [-0.39, 0.29) is 17.5 Å². The van der Waals surface area contributed by atoms with Crippen molar-refractivity contribution in [1.82, 2.24) is 29.9 Å². The number of H-pyrrole nitrogens is 2. The Morgan fingerprint density at radius 3 is 2.60 bits per heavy atom. The fourth-order valence-electron chi connectivity index (χ4n) is 3.03. The summed E-state index contributed by atoms with van der Waals surface area (Å²) >= 11 is 0. The van der Waals surface area contributed by atoms with E-state index in [2.05, 4.69) is 40.5 Å². The van der Waals surface area contributed by atoms with Gasteiger partial charge in [0.1, 0.15) is 11.2 Å². The SMILES string of the molecule is O=C(Nc1nc2c(C(=O)Nc3ncc[nH]3)cccc2[nH]1)c1ccc2cccnc2n1. The average Bonchev–Trinajstić information content (AvgIpc) is 3.42. The molecule has 0 saturated carbocycles. The molecule has 5 rings (SSSR count). The van der Waals surface area contributed by atoms with E-state index in [0.29, 0.717) is 28.2 Å². The van der Waals surface area contributed by atoms with Crippen molar-refractivity contribution >= 4 is 45.8 Å². The van der Waals surface area contributed by atoms with E-state index in [1.54, 1.807) is 48.8 Å². The van der Waals surface area contributed by atoms with Crippen LogP contribution >= 0.6 is 0 Å². The molecule has 0 bridgehead atoms. The Hall–Kier alpha value is -4.60. The number of hydrogen-bond acceptors (Lipinski definition) is 6. The summed E-state index contributed by atoms with van der Waals surface area (Å²) in [5.41, 5.74) is 2.05. The van der Waals surface area contributed by atoms with Gasteiger partial charge in [-0.15, -0.1) is 0 Å². The van der Waals surface area contributed by atoms with E-state index in [1.165, 1.54) is 6.20 Å². The first kappa shape index (κ1) is 17.5. The lowest BCUT2D eigenvalue weighted by Gasteiger charge is -2.02. The molecule has 4 aromatic heterocycles. The molecule has 4 heterocycles. The van der Waals surface area contributed by atoms with Crippen molar-refractivity contribution in [3.05, 3.63) is 72.3 Å². The van der Waals surface area contributed by atoms with Gasteiger partial charge in [0.2, 0.25) is 11.9 Å². The number of amides is 2.